The Morgan fingerprint density at radius 3 is 2.46 bits per heavy atom. The van der Waals surface area contributed by atoms with Crippen molar-refractivity contribution in [2.45, 2.75) is 25.8 Å². The monoisotopic (exact) mass is 361 g/mol. The van der Waals surface area contributed by atoms with Crippen LogP contribution in [0.3, 0.4) is 0 Å². The van der Waals surface area contributed by atoms with E-state index in [1.165, 1.54) is 16.7 Å². The smallest absolute Gasteiger partial charge is 0.342 e. The maximum atomic E-state index is 13.1. The first-order valence-electron chi connectivity index (χ1n) is 8.54. The van der Waals surface area contributed by atoms with Crippen LogP contribution in [0.4, 0.5) is 4.39 Å². The summed E-state index contributed by atoms with van der Waals surface area (Å²) in [5.41, 5.74) is -1.90. The fraction of sp³-hybridized carbons (Fsp3) is 0.389. The van der Waals surface area contributed by atoms with Crippen LogP contribution in [0.1, 0.15) is 29.6 Å². The zero-order valence-corrected chi connectivity index (χ0v) is 14.2. The Bertz CT molecular complexity index is 912. The molecule has 2 N–H and O–H groups in total. The number of carboxylic acid groups (broad SMARTS) is 1. The molecule has 2 aromatic rings. The minimum absolute atomic E-state index is 0.139. The Hall–Kier alpha value is -2.74. The Balaban J connectivity index is 2.01. The van der Waals surface area contributed by atoms with Gasteiger partial charge in [0.1, 0.15) is 11.4 Å². The summed E-state index contributed by atoms with van der Waals surface area (Å²) >= 11 is 0. The number of hydrogen-bond donors (Lipinski definition) is 2. The largest absolute Gasteiger partial charge is 0.477 e. The molecule has 0 unspecified atom stereocenters. The van der Waals surface area contributed by atoms with Gasteiger partial charge in [-0.15, -0.1) is 0 Å². The summed E-state index contributed by atoms with van der Waals surface area (Å²) in [5.74, 6) is -1.47. The summed E-state index contributed by atoms with van der Waals surface area (Å²) < 4.78 is 15.2. The van der Waals surface area contributed by atoms with E-state index in [1.54, 1.807) is 0 Å². The van der Waals surface area contributed by atoms with Crippen LogP contribution in [0.25, 0.3) is 5.69 Å². The molecule has 0 spiro atoms. The fourth-order valence-corrected chi connectivity index (χ4v) is 3.22. The van der Waals surface area contributed by atoms with Crippen LogP contribution in [0.2, 0.25) is 0 Å². The molecule has 1 fully saturated rings. The van der Waals surface area contributed by atoms with Crippen LogP contribution in [0.5, 0.6) is 0 Å². The van der Waals surface area contributed by atoms with E-state index in [4.69, 9.17) is 0 Å². The first-order valence-corrected chi connectivity index (χ1v) is 8.54. The van der Waals surface area contributed by atoms with Crippen molar-refractivity contribution in [3.05, 3.63) is 62.7 Å². The maximum absolute atomic E-state index is 13.1. The summed E-state index contributed by atoms with van der Waals surface area (Å²) in [5, 5.41) is 12.6. The standard InChI is InChI=1S/C18H20FN3O4/c19-13-1-3-14(4-2-13)22-16(23)15(17(24)25)11-21(18(22)26)10-7-12-5-8-20-9-6-12/h1-4,11-12,20H,5-10H2,(H,24,25). The second-order valence-electron chi connectivity index (χ2n) is 6.42. The van der Waals surface area contributed by atoms with Gasteiger partial charge in [-0.1, -0.05) is 0 Å². The number of carboxylic acids is 1. The van der Waals surface area contributed by atoms with Gasteiger partial charge in [0.05, 0.1) is 5.69 Å². The summed E-state index contributed by atoms with van der Waals surface area (Å²) in [7, 11) is 0. The lowest BCUT2D eigenvalue weighted by molar-refractivity contribution is 0.0693. The van der Waals surface area contributed by atoms with Gasteiger partial charge in [0.25, 0.3) is 5.56 Å². The number of nitrogens with zero attached hydrogens (tertiary/aromatic N) is 2. The van der Waals surface area contributed by atoms with Crippen molar-refractivity contribution >= 4 is 5.97 Å². The average molecular weight is 361 g/mol. The van der Waals surface area contributed by atoms with Crippen LogP contribution in [-0.4, -0.2) is 33.3 Å². The summed E-state index contributed by atoms with van der Waals surface area (Å²) in [6.45, 7) is 2.18. The molecule has 26 heavy (non-hydrogen) atoms. The Kier molecular flexibility index (Phi) is 5.32. The topological polar surface area (TPSA) is 93.3 Å². The Morgan fingerprint density at radius 1 is 1.19 bits per heavy atom. The highest BCUT2D eigenvalue weighted by atomic mass is 19.1. The molecule has 0 bridgehead atoms. The van der Waals surface area contributed by atoms with Crippen LogP contribution in [-0.2, 0) is 6.54 Å². The highest BCUT2D eigenvalue weighted by Gasteiger charge is 2.19. The number of piperidine rings is 1. The van der Waals surface area contributed by atoms with E-state index >= 15 is 0 Å². The number of aromatic nitrogens is 2. The van der Waals surface area contributed by atoms with Gasteiger partial charge in [-0.25, -0.2) is 18.5 Å². The highest BCUT2D eigenvalue weighted by molar-refractivity contribution is 5.86. The number of hydrogen-bond acceptors (Lipinski definition) is 4. The maximum Gasteiger partial charge on any atom is 0.342 e. The predicted octanol–water partition coefficient (Wildman–Crippen LogP) is 1.23. The van der Waals surface area contributed by atoms with E-state index in [9.17, 15) is 23.9 Å². The second-order valence-corrected chi connectivity index (χ2v) is 6.42. The van der Waals surface area contributed by atoms with Gasteiger partial charge >= 0.3 is 11.7 Å². The third-order valence-corrected chi connectivity index (χ3v) is 4.71. The number of halogens is 1. The van der Waals surface area contributed by atoms with Gasteiger partial charge in [0.15, 0.2) is 0 Å². The van der Waals surface area contributed by atoms with Gasteiger partial charge in [-0.3, -0.25) is 9.36 Å². The predicted molar refractivity (Wildman–Crippen MR) is 93.4 cm³/mol. The zero-order valence-electron chi connectivity index (χ0n) is 14.2. The third kappa shape index (κ3) is 3.75. The van der Waals surface area contributed by atoms with Crippen molar-refractivity contribution in [1.29, 1.82) is 0 Å². The molecule has 0 amide bonds. The molecule has 0 aliphatic carbocycles. The Labute approximate surface area is 148 Å². The molecule has 138 valence electrons. The van der Waals surface area contributed by atoms with E-state index in [0.717, 1.165) is 55.2 Å². The molecule has 3 rings (SSSR count). The quantitative estimate of drug-likeness (QED) is 0.835. The summed E-state index contributed by atoms with van der Waals surface area (Å²) in [6.07, 6.45) is 3.83. The Morgan fingerprint density at radius 2 is 1.85 bits per heavy atom. The second kappa shape index (κ2) is 7.65. The molecular weight excluding hydrogens is 341 g/mol. The van der Waals surface area contributed by atoms with E-state index in [-0.39, 0.29) is 5.69 Å². The van der Waals surface area contributed by atoms with Gasteiger partial charge in [0, 0.05) is 12.7 Å². The molecule has 0 atom stereocenters. The number of carbonyl (C=O) groups is 1. The van der Waals surface area contributed by atoms with Crippen molar-refractivity contribution in [3.63, 3.8) is 0 Å². The first-order chi connectivity index (χ1) is 12.5. The first kappa shape index (κ1) is 18.1. The lowest BCUT2D eigenvalue weighted by atomic mass is 9.95. The van der Waals surface area contributed by atoms with Crippen LogP contribution < -0.4 is 16.6 Å². The van der Waals surface area contributed by atoms with Crippen LogP contribution >= 0.6 is 0 Å². The van der Waals surface area contributed by atoms with E-state index in [0.29, 0.717) is 12.5 Å². The molecule has 1 aromatic heterocycles. The number of rotatable bonds is 5. The number of aryl methyl sites for hydroxylation is 1. The molecule has 8 heteroatoms. The molecule has 1 aromatic carbocycles. The normalized spacial score (nSPS) is 15.1. The molecular formula is C18H20FN3O4. The zero-order chi connectivity index (χ0) is 18.7. The molecule has 1 aliphatic heterocycles. The molecule has 0 radical (unpaired) electrons. The molecule has 1 saturated heterocycles. The lowest BCUT2D eigenvalue weighted by Crippen LogP contribution is -2.41. The van der Waals surface area contributed by atoms with Gasteiger partial charge in [0.2, 0.25) is 0 Å². The van der Waals surface area contributed by atoms with Crippen molar-refractivity contribution in [2.75, 3.05) is 13.1 Å². The minimum atomic E-state index is -1.40. The van der Waals surface area contributed by atoms with Gasteiger partial charge in [-0.05, 0) is 62.5 Å². The van der Waals surface area contributed by atoms with Crippen molar-refractivity contribution < 1.29 is 14.3 Å². The van der Waals surface area contributed by atoms with Crippen molar-refractivity contribution in [1.82, 2.24) is 14.5 Å². The number of benzene rings is 1. The van der Waals surface area contributed by atoms with Gasteiger partial charge < -0.3 is 10.4 Å². The SMILES string of the molecule is O=C(O)c1cn(CCC2CCNCC2)c(=O)n(-c2ccc(F)cc2)c1=O. The summed E-state index contributed by atoms with van der Waals surface area (Å²) in [4.78, 5) is 36.6. The molecule has 7 nitrogen and oxygen atoms in total. The number of aromatic carboxylic acids is 1. The minimum Gasteiger partial charge on any atom is -0.477 e. The highest BCUT2D eigenvalue weighted by Crippen LogP contribution is 2.16. The van der Waals surface area contributed by atoms with Gasteiger partial charge in [-0.2, -0.15) is 0 Å². The summed E-state index contributed by atoms with van der Waals surface area (Å²) in [6, 6.07) is 4.80. The van der Waals surface area contributed by atoms with Crippen molar-refractivity contribution in [2.24, 2.45) is 5.92 Å². The van der Waals surface area contributed by atoms with Crippen LogP contribution in [0, 0.1) is 11.7 Å². The lowest BCUT2D eigenvalue weighted by Gasteiger charge is -2.23. The molecule has 1 aliphatic rings. The van der Waals surface area contributed by atoms with Crippen LogP contribution in [0.15, 0.2) is 40.1 Å². The fourth-order valence-electron chi connectivity index (χ4n) is 3.22. The van der Waals surface area contributed by atoms with E-state index in [1.807, 2.05) is 0 Å². The van der Waals surface area contributed by atoms with E-state index < -0.39 is 28.6 Å². The molecule has 0 saturated carbocycles. The van der Waals surface area contributed by atoms with E-state index in [2.05, 4.69) is 5.32 Å². The third-order valence-electron chi connectivity index (χ3n) is 4.71. The number of nitrogens with one attached hydrogen (secondary N) is 1. The van der Waals surface area contributed by atoms with Crippen molar-refractivity contribution in [3.8, 4) is 5.69 Å². The molecule has 2 heterocycles. The average Bonchev–Trinajstić information content (AvgIpc) is 2.63.